The van der Waals surface area contributed by atoms with Gasteiger partial charge in [-0.3, -0.25) is 10.1 Å². The van der Waals surface area contributed by atoms with E-state index in [4.69, 9.17) is 9.47 Å². The van der Waals surface area contributed by atoms with Crippen molar-refractivity contribution in [1.82, 2.24) is 4.98 Å². The van der Waals surface area contributed by atoms with E-state index in [0.29, 0.717) is 27.9 Å². The average molecular weight is 372 g/mol. The number of nitrogens with zero attached hydrogens (tertiary/aromatic N) is 1. The van der Waals surface area contributed by atoms with Gasteiger partial charge < -0.3 is 9.47 Å². The minimum atomic E-state index is -0.347. The second kappa shape index (κ2) is 7.53. The Hall–Kier alpha value is -2.93. The zero-order valence-electron chi connectivity index (χ0n) is 14.5. The first kappa shape index (κ1) is 17.9. The second-order valence-electron chi connectivity index (χ2n) is 5.43. The molecule has 0 fully saturated rings. The van der Waals surface area contributed by atoms with Crippen molar-refractivity contribution in [2.45, 2.75) is 6.92 Å². The number of anilines is 1. The van der Waals surface area contributed by atoms with Gasteiger partial charge in [0.2, 0.25) is 0 Å². The molecular formula is C19H17FN2O3S. The molecule has 0 atom stereocenters. The van der Waals surface area contributed by atoms with Crippen molar-refractivity contribution >= 4 is 22.4 Å². The fourth-order valence-corrected chi connectivity index (χ4v) is 3.39. The molecule has 0 radical (unpaired) electrons. The number of para-hydroxylation sites is 1. The van der Waals surface area contributed by atoms with Crippen molar-refractivity contribution in [2.75, 3.05) is 19.5 Å². The summed E-state index contributed by atoms with van der Waals surface area (Å²) in [5.41, 5.74) is 1.85. The van der Waals surface area contributed by atoms with E-state index in [1.807, 2.05) is 6.92 Å². The number of aryl methyl sites for hydroxylation is 1. The molecule has 0 bridgehead atoms. The number of thiazole rings is 1. The standard InChI is InChI=1S/C19H17FN2O3S/c1-11-16(12-7-9-13(20)10-8-12)21-19(26-11)22-18(23)14-5-4-6-15(24-2)17(14)25-3/h4-10H,1-3H3,(H,21,22,23). The van der Waals surface area contributed by atoms with E-state index in [1.54, 1.807) is 30.3 Å². The predicted octanol–water partition coefficient (Wildman–Crippen LogP) is 4.53. The number of rotatable bonds is 5. The molecule has 5 nitrogen and oxygen atoms in total. The number of carbonyl (C=O) groups is 1. The van der Waals surface area contributed by atoms with E-state index in [2.05, 4.69) is 10.3 Å². The third kappa shape index (κ3) is 3.52. The summed E-state index contributed by atoms with van der Waals surface area (Å²) in [5, 5.41) is 3.24. The molecule has 1 amide bonds. The van der Waals surface area contributed by atoms with Gasteiger partial charge in [0, 0.05) is 10.4 Å². The van der Waals surface area contributed by atoms with Crippen LogP contribution in [0, 0.1) is 12.7 Å². The topological polar surface area (TPSA) is 60.5 Å². The number of amides is 1. The van der Waals surface area contributed by atoms with Crippen LogP contribution in [0.5, 0.6) is 11.5 Å². The molecule has 2 aromatic carbocycles. The quantitative estimate of drug-likeness (QED) is 0.715. The zero-order chi connectivity index (χ0) is 18.7. The van der Waals surface area contributed by atoms with Gasteiger partial charge in [-0.05, 0) is 43.3 Å². The van der Waals surface area contributed by atoms with E-state index >= 15 is 0 Å². The lowest BCUT2D eigenvalue weighted by Gasteiger charge is -2.11. The summed E-state index contributed by atoms with van der Waals surface area (Å²) in [6.07, 6.45) is 0. The molecule has 0 aliphatic rings. The van der Waals surface area contributed by atoms with Gasteiger partial charge in [0.25, 0.3) is 5.91 Å². The van der Waals surface area contributed by atoms with Crippen LogP contribution in [0.15, 0.2) is 42.5 Å². The fourth-order valence-electron chi connectivity index (χ4n) is 2.56. The van der Waals surface area contributed by atoms with Crippen LogP contribution in [-0.4, -0.2) is 25.1 Å². The highest BCUT2D eigenvalue weighted by molar-refractivity contribution is 7.16. The number of hydrogen-bond donors (Lipinski definition) is 1. The van der Waals surface area contributed by atoms with Crippen molar-refractivity contribution in [3.63, 3.8) is 0 Å². The summed E-state index contributed by atoms with van der Waals surface area (Å²) in [6.45, 7) is 1.90. The van der Waals surface area contributed by atoms with Crippen molar-refractivity contribution in [1.29, 1.82) is 0 Å². The van der Waals surface area contributed by atoms with Crippen LogP contribution >= 0.6 is 11.3 Å². The van der Waals surface area contributed by atoms with Crippen LogP contribution in [0.25, 0.3) is 11.3 Å². The number of hydrogen-bond acceptors (Lipinski definition) is 5. The summed E-state index contributed by atoms with van der Waals surface area (Å²) in [6, 6.07) is 11.2. The first-order valence-corrected chi connectivity index (χ1v) is 8.61. The fraction of sp³-hybridized carbons (Fsp3) is 0.158. The van der Waals surface area contributed by atoms with Crippen molar-refractivity contribution in [3.05, 3.63) is 58.7 Å². The lowest BCUT2D eigenvalue weighted by Crippen LogP contribution is -2.13. The Morgan fingerprint density at radius 2 is 1.85 bits per heavy atom. The van der Waals surface area contributed by atoms with Crippen molar-refractivity contribution in [2.24, 2.45) is 0 Å². The molecule has 1 heterocycles. The molecule has 0 saturated carbocycles. The minimum Gasteiger partial charge on any atom is -0.493 e. The number of benzene rings is 2. The van der Waals surface area contributed by atoms with E-state index < -0.39 is 0 Å². The lowest BCUT2D eigenvalue weighted by molar-refractivity contribution is 0.102. The molecule has 3 rings (SSSR count). The van der Waals surface area contributed by atoms with Gasteiger partial charge in [0.15, 0.2) is 16.6 Å². The summed E-state index contributed by atoms with van der Waals surface area (Å²) < 4.78 is 23.6. The van der Waals surface area contributed by atoms with Crippen molar-refractivity contribution in [3.8, 4) is 22.8 Å². The number of ether oxygens (including phenoxy) is 2. The monoisotopic (exact) mass is 372 g/mol. The molecule has 0 aliphatic carbocycles. The molecule has 0 unspecified atom stereocenters. The van der Waals surface area contributed by atoms with Crippen LogP contribution in [0.4, 0.5) is 9.52 Å². The third-order valence-corrected chi connectivity index (χ3v) is 4.67. The highest BCUT2D eigenvalue weighted by Gasteiger charge is 2.18. The molecule has 3 aromatic rings. The van der Waals surface area contributed by atoms with Crippen LogP contribution in [-0.2, 0) is 0 Å². The maximum atomic E-state index is 13.1. The Bertz CT molecular complexity index is 938. The molecule has 26 heavy (non-hydrogen) atoms. The largest absolute Gasteiger partial charge is 0.493 e. The normalized spacial score (nSPS) is 10.5. The van der Waals surface area contributed by atoms with Crippen LogP contribution < -0.4 is 14.8 Å². The number of halogens is 1. The molecule has 0 saturated heterocycles. The Kier molecular flexibility index (Phi) is 5.18. The SMILES string of the molecule is COc1cccc(C(=O)Nc2nc(-c3ccc(F)cc3)c(C)s2)c1OC. The van der Waals surface area contributed by atoms with Crippen LogP contribution in [0.2, 0.25) is 0 Å². The van der Waals surface area contributed by atoms with Gasteiger partial charge in [0.05, 0.1) is 25.5 Å². The summed E-state index contributed by atoms with van der Waals surface area (Å²) in [4.78, 5) is 18.0. The van der Waals surface area contributed by atoms with Crippen molar-refractivity contribution < 1.29 is 18.7 Å². The van der Waals surface area contributed by atoms with Crippen LogP contribution in [0.3, 0.4) is 0 Å². The summed E-state index contributed by atoms with van der Waals surface area (Å²) in [7, 11) is 2.99. The van der Waals surface area contributed by atoms with Crippen LogP contribution in [0.1, 0.15) is 15.2 Å². The highest BCUT2D eigenvalue weighted by atomic mass is 32.1. The van der Waals surface area contributed by atoms with E-state index in [-0.39, 0.29) is 11.7 Å². The van der Waals surface area contributed by atoms with E-state index in [9.17, 15) is 9.18 Å². The Labute approximate surface area is 154 Å². The molecular weight excluding hydrogens is 355 g/mol. The Morgan fingerprint density at radius 1 is 1.12 bits per heavy atom. The first-order valence-electron chi connectivity index (χ1n) is 7.79. The van der Waals surface area contributed by atoms with Gasteiger partial charge in [0.1, 0.15) is 5.82 Å². The molecule has 1 aromatic heterocycles. The molecule has 134 valence electrons. The van der Waals surface area contributed by atoms with Gasteiger partial charge in [-0.2, -0.15) is 0 Å². The Morgan fingerprint density at radius 3 is 2.50 bits per heavy atom. The van der Waals surface area contributed by atoms with Gasteiger partial charge in [-0.15, -0.1) is 11.3 Å². The van der Waals surface area contributed by atoms with E-state index in [0.717, 1.165) is 10.4 Å². The zero-order valence-corrected chi connectivity index (χ0v) is 15.3. The number of methoxy groups -OCH3 is 2. The minimum absolute atomic E-state index is 0.305. The maximum absolute atomic E-state index is 13.1. The summed E-state index contributed by atoms with van der Waals surface area (Å²) in [5.74, 6) is 0.183. The summed E-state index contributed by atoms with van der Waals surface area (Å²) >= 11 is 1.35. The predicted molar refractivity (Wildman–Crippen MR) is 99.7 cm³/mol. The molecule has 1 N–H and O–H groups in total. The first-order chi connectivity index (χ1) is 12.5. The lowest BCUT2D eigenvalue weighted by atomic mass is 10.1. The average Bonchev–Trinajstić information content (AvgIpc) is 3.01. The number of nitrogens with one attached hydrogen (secondary N) is 1. The second-order valence-corrected chi connectivity index (χ2v) is 6.63. The van der Waals surface area contributed by atoms with Gasteiger partial charge in [-0.25, -0.2) is 9.37 Å². The number of aromatic nitrogens is 1. The van der Waals surface area contributed by atoms with Gasteiger partial charge in [-0.1, -0.05) is 6.07 Å². The van der Waals surface area contributed by atoms with Gasteiger partial charge >= 0.3 is 0 Å². The smallest absolute Gasteiger partial charge is 0.261 e. The Balaban J connectivity index is 1.87. The maximum Gasteiger partial charge on any atom is 0.261 e. The third-order valence-electron chi connectivity index (χ3n) is 3.78. The molecule has 0 spiro atoms. The molecule has 7 heteroatoms. The highest BCUT2D eigenvalue weighted by Crippen LogP contribution is 2.33. The molecule has 0 aliphatic heterocycles. The number of carbonyl (C=O) groups excluding carboxylic acids is 1. The van der Waals surface area contributed by atoms with E-state index in [1.165, 1.54) is 37.7 Å².